The highest BCUT2D eigenvalue weighted by molar-refractivity contribution is 7.89. The Balaban J connectivity index is 1.43. The Morgan fingerprint density at radius 3 is 2.39 bits per heavy atom. The number of nitrogens with zero attached hydrogens (tertiary/aromatic N) is 2. The summed E-state index contributed by atoms with van der Waals surface area (Å²) in [7, 11) is -3.64. The van der Waals surface area contributed by atoms with Crippen LogP contribution in [0.3, 0.4) is 0 Å². The molecule has 8 heteroatoms. The lowest BCUT2D eigenvalue weighted by Crippen LogP contribution is -2.40. The van der Waals surface area contributed by atoms with Crippen LogP contribution >= 0.6 is 0 Å². The van der Waals surface area contributed by atoms with E-state index in [2.05, 4.69) is 16.3 Å². The third kappa shape index (κ3) is 5.33. The summed E-state index contributed by atoms with van der Waals surface area (Å²) in [6.45, 7) is 4.95. The second-order valence-electron chi connectivity index (χ2n) is 7.98. The van der Waals surface area contributed by atoms with Crippen LogP contribution < -0.4 is 5.32 Å². The van der Waals surface area contributed by atoms with E-state index in [1.54, 1.807) is 12.1 Å². The molecule has 31 heavy (non-hydrogen) atoms. The number of carbonyl (C=O) groups is 1. The average Bonchev–Trinajstić information content (AvgIpc) is 3.32. The largest absolute Gasteiger partial charge is 0.379 e. The van der Waals surface area contributed by atoms with Gasteiger partial charge < -0.3 is 10.1 Å². The highest BCUT2D eigenvalue weighted by atomic mass is 32.2. The third-order valence-corrected chi connectivity index (χ3v) is 7.75. The van der Waals surface area contributed by atoms with Gasteiger partial charge in [0.05, 0.1) is 18.1 Å². The first-order valence-corrected chi connectivity index (χ1v) is 12.2. The molecule has 0 aliphatic carbocycles. The van der Waals surface area contributed by atoms with Crippen molar-refractivity contribution in [1.82, 2.24) is 14.5 Å². The van der Waals surface area contributed by atoms with Gasteiger partial charge in [-0.25, -0.2) is 8.42 Å². The normalized spacial score (nSPS) is 18.2. The van der Waals surface area contributed by atoms with Crippen LogP contribution in [0.25, 0.3) is 0 Å². The number of likely N-dealkylation sites (tertiary alicyclic amines) is 1. The number of sulfonamides is 1. The van der Waals surface area contributed by atoms with E-state index < -0.39 is 10.0 Å². The fourth-order valence-electron chi connectivity index (χ4n) is 4.08. The zero-order chi connectivity index (χ0) is 21.7. The van der Waals surface area contributed by atoms with Crippen LogP contribution in [0.2, 0.25) is 0 Å². The van der Waals surface area contributed by atoms with E-state index >= 15 is 0 Å². The summed E-state index contributed by atoms with van der Waals surface area (Å²) < 4.78 is 32.4. The molecular weight excluding hydrogens is 414 g/mol. The molecule has 4 rings (SSSR count). The maximum Gasteiger partial charge on any atom is 0.251 e. The maximum atomic E-state index is 12.9. The number of carbonyl (C=O) groups excluding carboxylic acids is 1. The molecule has 7 nitrogen and oxygen atoms in total. The van der Waals surface area contributed by atoms with Gasteiger partial charge >= 0.3 is 0 Å². The molecule has 0 saturated carbocycles. The fraction of sp³-hybridized carbons (Fsp3) is 0.435. The van der Waals surface area contributed by atoms with Gasteiger partial charge in [-0.2, -0.15) is 4.31 Å². The van der Waals surface area contributed by atoms with Crippen LogP contribution in [-0.2, 0) is 27.8 Å². The molecule has 1 N–H and O–H groups in total. The summed E-state index contributed by atoms with van der Waals surface area (Å²) in [5.41, 5.74) is 2.64. The summed E-state index contributed by atoms with van der Waals surface area (Å²) in [5.74, 6) is -0.282. The molecule has 0 aromatic heterocycles. The van der Waals surface area contributed by atoms with Gasteiger partial charge in [0, 0.05) is 31.7 Å². The Kier molecular flexibility index (Phi) is 7.02. The Morgan fingerprint density at radius 2 is 1.65 bits per heavy atom. The van der Waals surface area contributed by atoms with Gasteiger partial charge in [0.2, 0.25) is 10.0 Å². The first-order chi connectivity index (χ1) is 15.0. The molecule has 2 aliphatic rings. The standard InChI is InChI=1S/C23H29N3O4S/c27-23(24-17-20-6-1-2-7-21(20)18-25-10-3-4-11-25)19-8-5-9-22(16-19)31(28,29)26-12-14-30-15-13-26/h1-2,5-9,16H,3-4,10-15,17-18H2,(H,24,27). The van der Waals surface area contributed by atoms with Crippen molar-refractivity contribution < 1.29 is 17.9 Å². The molecule has 0 unspecified atom stereocenters. The van der Waals surface area contributed by atoms with Crippen LogP contribution in [0.1, 0.15) is 34.3 Å². The van der Waals surface area contributed by atoms with E-state index in [9.17, 15) is 13.2 Å². The van der Waals surface area contributed by atoms with Crippen molar-refractivity contribution in [1.29, 1.82) is 0 Å². The lowest BCUT2D eigenvalue weighted by molar-refractivity contribution is 0.0730. The molecule has 0 bridgehead atoms. The molecule has 2 saturated heterocycles. The molecule has 2 heterocycles. The molecule has 166 valence electrons. The van der Waals surface area contributed by atoms with E-state index in [4.69, 9.17) is 4.74 Å². The van der Waals surface area contributed by atoms with Gasteiger partial charge in [-0.15, -0.1) is 0 Å². The van der Waals surface area contributed by atoms with Crippen LogP contribution in [0.5, 0.6) is 0 Å². The van der Waals surface area contributed by atoms with Crippen molar-refractivity contribution in [3.63, 3.8) is 0 Å². The predicted molar refractivity (Wildman–Crippen MR) is 118 cm³/mol. The minimum absolute atomic E-state index is 0.136. The molecule has 1 amide bonds. The van der Waals surface area contributed by atoms with Gasteiger partial charge in [0.25, 0.3) is 5.91 Å². The van der Waals surface area contributed by atoms with Crippen molar-refractivity contribution in [3.8, 4) is 0 Å². The first kappa shape index (κ1) is 22.0. The second kappa shape index (κ2) is 9.91. The van der Waals surface area contributed by atoms with Crippen LogP contribution in [0.4, 0.5) is 0 Å². The zero-order valence-electron chi connectivity index (χ0n) is 17.6. The molecule has 2 aromatic carbocycles. The molecule has 2 aromatic rings. The van der Waals surface area contributed by atoms with E-state index in [-0.39, 0.29) is 10.8 Å². The van der Waals surface area contributed by atoms with Crippen LogP contribution in [0, 0.1) is 0 Å². The predicted octanol–water partition coefficient (Wildman–Crippen LogP) is 2.23. The van der Waals surface area contributed by atoms with E-state index in [1.807, 2.05) is 18.2 Å². The minimum atomic E-state index is -3.64. The molecule has 0 spiro atoms. The second-order valence-corrected chi connectivity index (χ2v) is 9.92. The maximum absolute atomic E-state index is 12.9. The van der Waals surface area contributed by atoms with Gasteiger partial charge in [-0.05, 0) is 55.3 Å². The van der Waals surface area contributed by atoms with Crippen molar-refractivity contribution >= 4 is 15.9 Å². The molecule has 2 fully saturated rings. The van der Waals surface area contributed by atoms with Gasteiger partial charge in [-0.3, -0.25) is 9.69 Å². The molecule has 0 radical (unpaired) electrons. The molecular formula is C23H29N3O4S. The Bertz CT molecular complexity index is 1010. The highest BCUT2D eigenvalue weighted by Gasteiger charge is 2.27. The monoisotopic (exact) mass is 443 g/mol. The summed E-state index contributed by atoms with van der Waals surface area (Å²) in [6, 6.07) is 14.4. The van der Waals surface area contributed by atoms with Crippen molar-refractivity contribution in [2.45, 2.75) is 30.8 Å². The summed E-state index contributed by atoms with van der Waals surface area (Å²) in [6.07, 6.45) is 2.48. The quantitative estimate of drug-likeness (QED) is 0.710. The third-order valence-electron chi connectivity index (χ3n) is 5.85. The topological polar surface area (TPSA) is 79.0 Å². The smallest absolute Gasteiger partial charge is 0.251 e. The average molecular weight is 444 g/mol. The van der Waals surface area contributed by atoms with Crippen LogP contribution in [-0.4, -0.2) is 62.9 Å². The SMILES string of the molecule is O=C(NCc1ccccc1CN1CCCC1)c1cccc(S(=O)(=O)N2CCOCC2)c1. The molecule has 0 atom stereocenters. The highest BCUT2D eigenvalue weighted by Crippen LogP contribution is 2.19. The minimum Gasteiger partial charge on any atom is -0.379 e. The van der Waals surface area contributed by atoms with E-state index in [1.165, 1.54) is 34.8 Å². The fourth-order valence-corrected chi connectivity index (χ4v) is 5.53. The number of hydrogen-bond acceptors (Lipinski definition) is 5. The lowest BCUT2D eigenvalue weighted by Gasteiger charge is -2.26. The number of rotatable bonds is 7. The first-order valence-electron chi connectivity index (χ1n) is 10.8. The van der Waals surface area contributed by atoms with E-state index in [0.29, 0.717) is 38.4 Å². The van der Waals surface area contributed by atoms with Gasteiger partial charge in [0.1, 0.15) is 0 Å². The number of benzene rings is 2. The summed E-state index contributed by atoms with van der Waals surface area (Å²) in [4.78, 5) is 15.3. The van der Waals surface area contributed by atoms with E-state index in [0.717, 1.165) is 25.2 Å². The Hall–Kier alpha value is -2.26. The molecule has 2 aliphatic heterocycles. The van der Waals surface area contributed by atoms with Crippen molar-refractivity contribution in [3.05, 3.63) is 65.2 Å². The summed E-state index contributed by atoms with van der Waals surface area (Å²) >= 11 is 0. The van der Waals surface area contributed by atoms with Crippen LogP contribution in [0.15, 0.2) is 53.4 Å². The lowest BCUT2D eigenvalue weighted by atomic mass is 10.1. The Morgan fingerprint density at radius 1 is 0.935 bits per heavy atom. The number of hydrogen-bond donors (Lipinski definition) is 1. The number of morpholine rings is 1. The zero-order valence-corrected chi connectivity index (χ0v) is 18.4. The van der Waals surface area contributed by atoms with Gasteiger partial charge in [-0.1, -0.05) is 30.3 Å². The summed E-state index contributed by atoms with van der Waals surface area (Å²) in [5, 5.41) is 2.95. The van der Waals surface area contributed by atoms with Gasteiger partial charge in [0.15, 0.2) is 0 Å². The Labute approximate surface area is 184 Å². The van der Waals surface area contributed by atoms with Crippen molar-refractivity contribution in [2.24, 2.45) is 0 Å². The number of ether oxygens (including phenoxy) is 1. The van der Waals surface area contributed by atoms with Crippen molar-refractivity contribution in [2.75, 3.05) is 39.4 Å². The number of nitrogens with one attached hydrogen (secondary N) is 1. The number of amides is 1.